The van der Waals surface area contributed by atoms with Gasteiger partial charge in [0.1, 0.15) is 0 Å². The molecule has 0 radical (unpaired) electrons. The lowest BCUT2D eigenvalue weighted by atomic mass is 10.0. The number of fused-ring (bicyclic) bond motifs is 1. The van der Waals surface area contributed by atoms with E-state index in [0.29, 0.717) is 0 Å². The second kappa shape index (κ2) is 3.39. The predicted molar refractivity (Wildman–Crippen MR) is 58.5 cm³/mol. The van der Waals surface area contributed by atoms with E-state index < -0.39 is 0 Å². The van der Waals surface area contributed by atoms with Crippen molar-refractivity contribution < 1.29 is 0 Å². The molecule has 14 heavy (non-hydrogen) atoms. The number of rotatable bonds is 3. The van der Waals surface area contributed by atoms with E-state index in [1.54, 1.807) is 11.1 Å². The Kier molecular flexibility index (Phi) is 2.06. The van der Waals surface area contributed by atoms with Crippen LogP contribution in [0, 0.1) is 0 Å². The maximum atomic E-state index is 3.64. The first-order valence-electron chi connectivity index (χ1n) is 5.74. The van der Waals surface area contributed by atoms with Crippen LogP contribution in [0.15, 0.2) is 24.3 Å². The van der Waals surface area contributed by atoms with Crippen LogP contribution < -0.4 is 5.32 Å². The van der Waals surface area contributed by atoms with Gasteiger partial charge in [0.25, 0.3) is 0 Å². The third-order valence-electron chi connectivity index (χ3n) is 3.49. The van der Waals surface area contributed by atoms with Crippen LogP contribution in [0.3, 0.4) is 0 Å². The second-order valence-electron chi connectivity index (χ2n) is 4.62. The first-order valence-corrected chi connectivity index (χ1v) is 5.74. The lowest BCUT2D eigenvalue weighted by Crippen LogP contribution is -2.22. The summed E-state index contributed by atoms with van der Waals surface area (Å²) in [4.78, 5) is 0. The topological polar surface area (TPSA) is 12.0 Å². The molecule has 0 amide bonds. The molecule has 1 nitrogen and oxygen atoms in total. The van der Waals surface area contributed by atoms with Crippen LogP contribution in [0.2, 0.25) is 0 Å². The van der Waals surface area contributed by atoms with Crippen LogP contribution in [0.1, 0.15) is 36.3 Å². The Morgan fingerprint density at radius 1 is 1.14 bits per heavy atom. The fourth-order valence-electron chi connectivity index (χ4n) is 2.45. The molecule has 0 aliphatic heterocycles. The highest BCUT2D eigenvalue weighted by atomic mass is 14.9. The van der Waals surface area contributed by atoms with Gasteiger partial charge in [0, 0.05) is 12.6 Å². The average Bonchev–Trinajstić information content (AvgIpc) is 2.96. The van der Waals surface area contributed by atoms with Crippen molar-refractivity contribution in [2.24, 2.45) is 0 Å². The first kappa shape index (κ1) is 8.49. The van der Waals surface area contributed by atoms with E-state index in [1.807, 2.05) is 0 Å². The first-order chi connectivity index (χ1) is 6.93. The highest BCUT2D eigenvalue weighted by Gasteiger charge is 2.25. The Bertz CT molecular complexity index is 328. The number of nitrogens with one attached hydrogen (secondary N) is 1. The van der Waals surface area contributed by atoms with Crippen LogP contribution in [0.25, 0.3) is 0 Å². The average molecular weight is 187 g/mol. The molecule has 2 aliphatic carbocycles. The van der Waals surface area contributed by atoms with E-state index in [1.165, 1.54) is 32.2 Å². The third-order valence-corrected chi connectivity index (χ3v) is 3.49. The normalized spacial score (nSPS) is 25.0. The molecule has 0 aromatic heterocycles. The van der Waals surface area contributed by atoms with Gasteiger partial charge in [-0.3, -0.25) is 0 Å². The molecule has 2 aliphatic rings. The van der Waals surface area contributed by atoms with Crippen molar-refractivity contribution in [1.82, 2.24) is 5.32 Å². The molecule has 0 heterocycles. The smallest absolute Gasteiger partial charge is 0.00684 e. The summed E-state index contributed by atoms with van der Waals surface area (Å²) in [6.07, 6.45) is 5.43. The zero-order chi connectivity index (χ0) is 9.38. The fourth-order valence-corrected chi connectivity index (χ4v) is 2.45. The van der Waals surface area contributed by atoms with Gasteiger partial charge in [0.2, 0.25) is 0 Å². The lowest BCUT2D eigenvalue weighted by Gasteiger charge is -2.11. The molecule has 0 spiro atoms. The summed E-state index contributed by atoms with van der Waals surface area (Å²) in [7, 11) is 0. The molecular formula is C13H17N. The van der Waals surface area contributed by atoms with E-state index in [4.69, 9.17) is 0 Å². The highest BCUT2D eigenvalue weighted by molar-refractivity contribution is 5.35. The molecule has 1 fully saturated rings. The van der Waals surface area contributed by atoms with Gasteiger partial charge in [-0.15, -0.1) is 0 Å². The summed E-state index contributed by atoms with van der Waals surface area (Å²) in [5.41, 5.74) is 3.18. The third kappa shape index (κ3) is 1.57. The van der Waals surface area contributed by atoms with Crippen molar-refractivity contribution in [3.8, 4) is 0 Å². The van der Waals surface area contributed by atoms with Crippen molar-refractivity contribution in [1.29, 1.82) is 0 Å². The van der Waals surface area contributed by atoms with E-state index in [9.17, 15) is 0 Å². The van der Waals surface area contributed by atoms with E-state index in [2.05, 4.69) is 29.6 Å². The van der Waals surface area contributed by atoms with Gasteiger partial charge in [0.15, 0.2) is 0 Å². The summed E-state index contributed by atoms with van der Waals surface area (Å²) in [6, 6.07) is 9.78. The molecule has 1 N–H and O–H groups in total. The van der Waals surface area contributed by atoms with E-state index >= 15 is 0 Å². The van der Waals surface area contributed by atoms with Crippen molar-refractivity contribution in [3.05, 3.63) is 35.4 Å². The monoisotopic (exact) mass is 187 g/mol. The van der Waals surface area contributed by atoms with Crippen LogP contribution >= 0.6 is 0 Å². The zero-order valence-electron chi connectivity index (χ0n) is 8.50. The van der Waals surface area contributed by atoms with Gasteiger partial charge in [-0.2, -0.15) is 0 Å². The standard InChI is InChI=1S/C13H17N/c1-2-4-13-10(3-1)5-6-11(13)9-14-12-7-8-12/h1-4,11-12,14H,5-9H2. The van der Waals surface area contributed by atoms with Crippen molar-refractivity contribution in [2.45, 2.75) is 37.6 Å². The summed E-state index contributed by atoms with van der Waals surface area (Å²) < 4.78 is 0. The van der Waals surface area contributed by atoms with Gasteiger partial charge in [-0.05, 0) is 42.7 Å². The molecule has 0 saturated heterocycles. The minimum absolute atomic E-state index is 0.784. The molecule has 1 atom stereocenters. The van der Waals surface area contributed by atoms with Gasteiger partial charge in [0.05, 0.1) is 0 Å². The predicted octanol–water partition coefficient (Wildman–Crippen LogP) is 2.47. The van der Waals surface area contributed by atoms with Crippen LogP contribution in [0.4, 0.5) is 0 Å². The minimum Gasteiger partial charge on any atom is -0.313 e. The van der Waals surface area contributed by atoms with E-state index in [0.717, 1.165) is 12.0 Å². The molecule has 1 heteroatoms. The Labute approximate surface area is 85.5 Å². The molecular weight excluding hydrogens is 170 g/mol. The quantitative estimate of drug-likeness (QED) is 0.766. The molecule has 1 aromatic carbocycles. The van der Waals surface area contributed by atoms with Gasteiger partial charge in [-0.1, -0.05) is 24.3 Å². The van der Waals surface area contributed by atoms with Gasteiger partial charge in [-0.25, -0.2) is 0 Å². The minimum atomic E-state index is 0.784. The SMILES string of the molecule is c1ccc2c(c1)CCC2CNC1CC1. The number of aryl methyl sites for hydroxylation is 1. The molecule has 1 saturated carbocycles. The fraction of sp³-hybridized carbons (Fsp3) is 0.538. The summed E-state index contributed by atoms with van der Waals surface area (Å²) in [6.45, 7) is 1.20. The Morgan fingerprint density at radius 2 is 2.00 bits per heavy atom. The van der Waals surface area contributed by atoms with Crippen LogP contribution in [0.5, 0.6) is 0 Å². The number of hydrogen-bond acceptors (Lipinski definition) is 1. The summed E-state index contributed by atoms with van der Waals surface area (Å²) >= 11 is 0. The van der Waals surface area contributed by atoms with E-state index in [-0.39, 0.29) is 0 Å². The summed E-state index contributed by atoms with van der Waals surface area (Å²) in [5, 5.41) is 3.64. The number of benzene rings is 1. The van der Waals surface area contributed by atoms with Crippen molar-refractivity contribution in [3.63, 3.8) is 0 Å². The van der Waals surface area contributed by atoms with Crippen molar-refractivity contribution >= 4 is 0 Å². The van der Waals surface area contributed by atoms with Crippen molar-refractivity contribution in [2.75, 3.05) is 6.54 Å². The lowest BCUT2D eigenvalue weighted by molar-refractivity contribution is 0.576. The highest BCUT2D eigenvalue weighted by Crippen LogP contribution is 2.32. The summed E-state index contributed by atoms with van der Waals surface area (Å²) in [5.74, 6) is 0.784. The van der Waals surface area contributed by atoms with Crippen LogP contribution in [-0.4, -0.2) is 12.6 Å². The molecule has 1 aromatic rings. The maximum Gasteiger partial charge on any atom is 0.00684 e. The second-order valence-corrected chi connectivity index (χ2v) is 4.62. The van der Waals surface area contributed by atoms with Gasteiger partial charge < -0.3 is 5.32 Å². The Morgan fingerprint density at radius 3 is 2.86 bits per heavy atom. The maximum absolute atomic E-state index is 3.64. The molecule has 0 bridgehead atoms. The Hall–Kier alpha value is -0.820. The molecule has 3 rings (SSSR count). The zero-order valence-corrected chi connectivity index (χ0v) is 8.50. The molecule has 74 valence electrons. The molecule has 1 unspecified atom stereocenters. The Balaban J connectivity index is 1.70. The largest absolute Gasteiger partial charge is 0.313 e. The number of hydrogen-bond donors (Lipinski definition) is 1. The van der Waals surface area contributed by atoms with Gasteiger partial charge >= 0.3 is 0 Å². The van der Waals surface area contributed by atoms with Crippen LogP contribution in [-0.2, 0) is 6.42 Å².